The first-order valence-electron chi connectivity index (χ1n) is 8.58. The van der Waals surface area contributed by atoms with Crippen LogP contribution in [0, 0.1) is 5.92 Å². The van der Waals surface area contributed by atoms with Gasteiger partial charge in [0.15, 0.2) is 0 Å². The highest BCUT2D eigenvalue weighted by Gasteiger charge is 2.45. The number of likely N-dealkylation sites (N-methyl/N-ethyl adjacent to an activating group) is 1. The second kappa shape index (κ2) is 6.43. The molecule has 0 aliphatic carbocycles. The maximum Gasteiger partial charge on any atom is 0.322 e. The number of carbonyl (C=O) groups excluding carboxylic acids is 2. The number of nitrogens with zero attached hydrogens (tertiary/aromatic N) is 2. The summed E-state index contributed by atoms with van der Waals surface area (Å²) in [6.45, 7) is 6.71. The number of methoxy groups -OCH3 is 1. The maximum atomic E-state index is 13.2. The highest BCUT2D eigenvalue weighted by Crippen LogP contribution is 2.39. The van der Waals surface area contributed by atoms with Gasteiger partial charge in [-0.2, -0.15) is 0 Å². The predicted molar refractivity (Wildman–Crippen MR) is 95.1 cm³/mol. The first-order chi connectivity index (χ1) is 11.9. The summed E-state index contributed by atoms with van der Waals surface area (Å²) in [6.07, 6.45) is 0. The Kier molecular flexibility index (Phi) is 4.45. The number of nitrogens with one attached hydrogen (secondary N) is 1. The van der Waals surface area contributed by atoms with Gasteiger partial charge in [0.05, 0.1) is 31.0 Å². The quantitative estimate of drug-likeness (QED) is 0.914. The SMILES string of the molecule is COc1ccccc1[C@@H]1NC(=O)N(C)C2=C1C(=O)N([C@@H](C)C(C)C)C2. The van der Waals surface area contributed by atoms with Crippen molar-refractivity contribution in [1.29, 1.82) is 0 Å². The molecule has 0 spiro atoms. The van der Waals surface area contributed by atoms with Crippen LogP contribution in [0.5, 0.6) is 5.75 Å². The molecule has 0 saturated carbocycles. The molecule has 0 fully saturated rings. The molecular formula is C19H25N3O3. The van der Waals surface area contributed by atoms with Crippen LogP contribution in [0.3, 0.4) is 0 Å². The molecule has 0 aromatic heterocycles. The second-order valence-electron chi connectivity index (χ2n) is 6.96. The Morgan fingerprint density at radius 1 is 1.20 bits per heavy atom. The first-order valence-corrected chi connectivity index (χ1v) is 8.58. The number of urea groups is 1. The normalized spacial score (nSPS) is 21.6. The molecule has 1 aromatic rings. The van der Waals surface area contributed by atoms with Gasteiger partial charge in [0, 0.05) is 18.7 Å². The van der Waals surface area contributed by atoms with Crippen LogP contribution in [-0.2, 0) is 4.79 Å². The topological polar surface area (TPSA) is 61.9 Å². The molecule has 0 bridgehead atoms. The Morgan fingerprint density at radius 3 is 2.52 bits per heavy atom. The zero-order valence-electron chi connectivity index (χ0n) is 15.4. The van der Waals surface area contributed by atoms with Crippen molar-refractivity contribution >= 4 is 11.9 Å². The Labute approximate surface area is 148 Å². The Balaban J connectivity index is 2.06. The lowest BCUT2D eigenvalue weighted by atomic mass is 9.95. The smallest absolute Gasteiger partial charge is 0.322 e. The van der Waals surface area contributed by atoms with Crippen LogP contribution in [0.25, 0.3) is 0 Å². The third kappa shape index (κ3) is 2.75. The molecule has 3 amide bonds. The van der Waals surface area contributed by atoms with E-state index < -0.39 is 6.04 Å². The van der Waals surface area contributed by atoms with Gasteiger partial charge < -0.3 is 15.0 Å². The van der Waals surface area contributed by atoms with Gasteiger partial charge in [0.25, 0.3) is 5.91 Å². The van der Waals surface area contributed by atoms with Gasteiger partial charge in [0.1, 0.15) is 5.75 Å². The molecule has 1 aromatic carbocycles. The minimum absolute atomic E-state index is 0.0149. The van der Waals surface area contributed by atoms with Crippen molar-refractivity contribution in [2.24, 2.45) is 5.92 Å². The molecule has 0 unspecified atom stereocenters. The van der Waals surface area contributed by atoms with Crippen molar-refractivity contribution in [1.82, 2.24) is 15.1 Å². The molecular weight excluding hydrogens is 318 g/mol. The van der Waals surface area contributed by atoms with E-state index in [1.54, 1.807) is 19.1 Å². The molecule has 0 saturated heterocycles. The molecule has 6 heteroatoms. The van der Waals surface area contributed by atoms with Crippen LogP contribution >= 0.6 is 0 Å². The summed E-state index contributed by atoms with van der Waals surface area (Å²) in [6, 6.07) is 6.89. The average Bonchev–Trinajstić information content (AvgIpc) is 2.95. The van der Waals surface area contributed by atoms with E-state index >= 15 is 0 Å². The number of amides is 3. The zero-order chi connectivity index (χ0) is 18.3. The standard InChI is InChI=1S/C19H25N3O3/c1-11(2)12(3)22-10-14-16(18(22)23)17(20-19(24)21(14)4)13-8-6-7-9-15(13)25-5/h6-9,11-12,17H,10H2,1-5H3,(H,20,24)/t12-,17-/m0/s1. The fraction of sp³-hybridized carbons (Fsp3) is 0.474. The van der Waals surface area contributed by atoms with Crippen molar-refractivity contribution < 1.29 is 14.3 Å². The fourth-order valence-electron chi connectivity index (χ4n) is 3.42. The van der Waals surface area contributed by atoms with Crippen LogP contribution in [-0.4, -0.2) is 48.5 Å². The van der Waals surface area contributed by atoms with E-state index in [2.05, 4.69) is 19.2 Å². The third-order valence-corrected chi connectivity index (χ3v) is 5.29. The lowest BCUT2D eigenvalue weighted by Gasteiger charge is -2.31. The molecule has 3 rings (SSSR count). The van der Waals surface area contributed by atoms with E-state index in [4.69, 9.17) is 4.74 Å². The summed E-state index contributed by atoms with van der Waals surface area (Å²) in [5.74, 6) is 0.982. The van der Waals surface area contributed by atoms with Crippen LogP contribution in [0.2, 0.25) is 0 Å². The monoisotopic (exact) mass is 343 g/mol. The van der Waals surface area contributed by atoms with Crippen molar-refractivity contribution in [3.05, 3.63) is 41.1 Å². The minimum Gasteiger partial charge on any atom is -0.496 e. The van der Waals surface area contributed by atoms with Gasteiger partial charge in [-0.3, -0.25) is 9.69 Å². The molecule has 2 aliphatic heterocycles. The summed E-state index contributed by atoms with van der Waals surface area (Å²) < 4.78 is 5.44. The van der Waals surface area contributed by atoms with Gasteiger partial charge in [-0.05, 0) is 18.9 Å². The summed E-state index contributed by atoms with van der Waals surface area (Å²) in [4.78, 5) is 29.0. The van der Waals surface area contributed by atoms with Crippen LogP contribution in [0.4, 0.5) is 4.79 Å². The van der Waals surface area contributed by atoms with Crippen molar-refractivity contribution in [2.75, 3.05) is 20.7 Å². The van der Waals surface area contributed by atoms with Gasteiger partial charge in [-0.25, -0.2) is 4.79 Å². The number of benzene rings is 1. The van der Waals surface area contributed by atoms with Gasteiger partial charge in [-0.1, -0.05) is 32.0 Å². The fourth-order valence-corrected chi connectivity index (χ4v) is 3.42. The molecule has 6 nitrogen and oxygen atoms in total. The Hall–Kier alpha value is -2.50. The van der Waals surface area contributed by atoms with Crippen LogP contribution in [0.1, 0.15) is 32.4 Å². The summed E-state index contributed by atoms with van der Waals surface area (Å²) >= 11 is 0. The number of hydrogen-bond donors (Lipinski definition) is 1. The van der Waals surface area contributed by atoms with Crippen LogP contribution in [0.15, 0.2) is 35.5 Å². The van der Waals surface area contributed by atoms with E-state index in [-0.39, 0.29) is 18.0 Å². The molecule has 2 aliphatic rings. The Morgan fingerprint density at radius 2 is 1.88 bits per heavy atom. The van der Waals surface area contributed by atoms with Crippen LogP contribution < -0.4 is 10.1 Å². The van der Waals surface area contributed by atoms with Gasteiger partial charge in [-0.15, -0.1) is 0 Å². The third-order valence-electron chi connectivity index (χ3n) is 5.29. The number of rotatable bonds is 4. The maximum absolute atomic E-state index is 13.2. The Bertz CT molecular complexity index is 741. The molecule has 1 N–H and O–H groups in total. The van der Waals surface area contributed by atoms with E-state index in [1.165, 1.54) is 0 Å². The molecule has 2 atom stereocenters. The number of carbonyl (C=O) groups is 2. The number of hydrogen-bond acceptors (Lipinski definition) is 3. The summed E-state index contributed by atoms with van der Waals surface area (Å²) in [5.41, 5.74) is 2.21. The zero-order valence-corrected chi connectivity index (χ0v) is 15.4. The molecule has 2 heterocycles. The van der Waals surface area contributed by atoms with E-state index in [1.807, 2.05) is 36.1 Å². The number of ether oxygens (including phenoxy) is 1. The molecule has 134 valence electrons. The average molecular weight is 343 g/mol. The molecule has 0 radical (unpaired) electrons. The second-order valence-corrected chi connectivity index (χ2v) is 6.96. The van der Waals surface area contributed by atoms with E-state index in [9.17, 15) is 9.59 Å². The predicted octanol–water partition coefficient (Wildman–Crippen LogP) is 2.53. The lowest BCUT2D eigenvalue weighted by molar-refractivity contribution is -0.128. The highest BCUT2D eigenvalue weighted by molar-refractivity contribution is 6.01. The van der Waals surface area contributed by atoms with Gasteiger partial charge >= 0.3 is 6.03 Å². The largest absolute Gasteiger partial charge is 0.496 e. The highest BCUT2D eigenvalue weighted by atomic mass is 16.5. The van der Waals surface area contributed by atoms with E-state index in [0.29, 0.717) is 23.8 Å². The van der Waals surface area contributed by atoms with Crippen molar-refractivity contribution in [2.45, 2.75) is 32.9 Å². The summed E-state index contributed by atoms with van der Waals surface area (Å²) in [5, 5.41) is 2.95. The number of para-hydroxylation sites is 1. The van der Waals surface area contributed by atoms with Gasteiger partial charge in [0.2, 0.25) is 0 Å². The first kappa shape index (κ1) is 17.3. The lowest BCUT2D eigenvalue weighted by Crippen LogP contribution is -2.45. The summed E-state index contributed by atoms with van der Waals surface area (Å²) in [7, 11) is 3.30. The van der Waals surface area contributed by atoms with Crippen molar-refractivity contribution in [3.8, 4) is 5.75 Å². The molecule has 25 heavy (non-hydrogen) atoms. The van der Waals surface area contributed by atoms with Crippen molar-refractivity contribution in [3.63, 3.8) is 0 Å². The minimum atomic E-state index is -0.494. The van der Waals surface area contributed by atoms with E-state index in [0.717, 1.165) is 11.3 Å².